The average Bonchev–Trinajstić information content (AvgIpc) is 2.28. The van der Waals surface area contributed by atoms with E-state index in [0.29, 0.717) is 18.8 Å². The van der Waals surface area contributed by atoms with Gasteiger partial charge in [0.1, 0.15) is 11.9 Å². The highest BCUT2D eigenvalue weighted by molar-refractivity contribution is 5.58. The van der Waals surface area contributed by atoms with E-state index in [9.17, 15) is 10.1 Å². The number of anilines is 1. The van der Waals surface area contributed by atoms with Crippen LogP contribution in [-0.4, -0.2) is 30.0 Å². The predicted octanol–water partition coefficient (Wildman–Crippen LogP) is 1.41. The molecule has 0 aromatic carbocycles. The second-order valence-corrected chi connectivity index (χ2v) is 4.83. The van der Waals surface area contributed by atoms with Gasteiger partial charge in [0.2, 0.25) is 0 Å². The molecule has 6 nitrogen and oxygen atoms in total. The van der Waals surface area contributed by atoms with Gasteiger partial charge in [-0.15, -0.1) is 0 Å². The second-order valence-electron chi connectivity index (χ2n) is 4.83. The van der Waals surface area contributed by atoms with E-state index in [1.165, 1.54) is 6.20 Å². The molecule has 1 rings (SSSR count). The molecule has 0 bridgehead atoms. The summed E-state index contributed by atoms with van der Waals surface area (Å²) in [4.78, 5) is 16.0. The van der Waals surface area contributed by atoms with E-state index in [1.807, 2.05) is 18.7 Å². The Kier molecular flexibility index (Phi) is 4.01. The number of pyridine rings is 1. The Labute approximate surface area is 101 Å². The van der Waals surface area contributed by atoms with Crippen LogP contribution in [0.5, 0.6) is 0 Å². The number of aromatic nitrogens is 1. The van der Waals surface area contributed by atoms with Crippen molar-refractivity contribution in [1.29, 1.82) is 0 Å². The van der Waals surface area contributed by atoms with Gasteiger partial charge in [0.15, 0.2) is 0 Å². The minimum Gasteiger partial charge on any atom is -0.367 e. The lowest BCUT2D eigenvalue weighted by Gasteiger charge is -2.29. The van der Waals surface area contributed by atoms with Crippen molar-refractivity contribution in [3.8, 4) is 0 Å². The van der Waals surface area contributed by atoms with Gasteiger partial charge in [0.25, 0.3) is 0 Å². The molecule has 0 fully saturated rings. The lowest BCUT2D eigenvalue weighted by molar-refractivity contribution is -0.388. The van der Waals surface area contributed by atoms with E-state index in [2.05, 4.69) is 4.98 Å². The smallest absolute Gasteiger partial charge is 0.367 e. The van der Waals surface area contributed by atoms with Crippen LogP contribution >= 0.6 is 0 Å². The van der Waals surface area contributed by atoms with Gasteiger partial charge in [0.05, 0.1) is 0 Å². The standard InChI is InChI=1S/C11H18N4O2/c1-11(2,7-12)8-14(3)9-5-4-6-13-10(9)15(16)17/h4-6H,7-8,12H2,1-3H3. The predicted molar refractivity (Wildman–Crippen MR) is 67.0 cm³/mol. The number of nitro groups is 1. The summed E-state index contributed by atoms with van der Waals surface area (Å²) in [6.07, 6.45) is 1.42. The Hall–Kier alpha value is -1.69. The topological polar surface area (TPSA) is 85.3 Å². The summed E-state index contributed by atoms with van der Waals surface area (Å²) in [5, 5.41) is 10.9. The van der Waals surface area contributed by atoms with Crippen LogP contribution in [0.2, 0.25) is 0 Å². The van der Waals surface area contributed by atoms with Gasteiger partial charge in [-0.25, -0.2) is 0 Å². The first-order chi connectivity index (χ1) is 7.87. The van der Waals surface area contributed by atoms with Gasteiger partial charge in [-0.2, -0.15) is 0 Å². The molecule has 94 valence electrons. The zero-order valence-corrected chi connectivity index (χ0v) is 10.4. The first-order valence-corrected chi connectivity index (χ1v) is 5.38. The first kappa shape index (κ1) is 13.4. The molecule has 2 N–H and O–H groups in total. The maximum Gasteiger partial charge on any atom is 0.387 e. The fraction of sp³-hybridized carbons (Fsp3) is 0.545. The molecule has 0 aliphatic rings. The SMILES string of the molecule is CN(CC(C)(C)CN)c1cccnc1[N+](=O)[O-]. The minimum absolute atomic E-state index is 0.0987. The van der Waals surface area contributed by atoms with E-state index in [0.717, 1.165) is 0 Å². The summed E-state index contributed by atoms with van der Waals surface area (Å²) in [6, 6.07) is 3.38. The third-order valence-corrected chi connectivity index (χ3v) is 2.57. The van der Waals surface area contributed by atoms with E-state index in [4.69, 9.17) is 5.73 Å². The van der Waals surface area contributed by atoms with Crippen molar-refractivity contribution in [2.75, 3.05) is 25.0 Å². The van der Waals surface area contributed by atoms with Gasteiger partial charge in [0, 0.05) is 13.6 Å². The average molecular weight is 238 g/mol. The molecule has 0 atom stereocenters. The summed E-state index contributed by atoms with van der Waals surface area (Å²) < 4.78 is 0. The third kappa shape index (κ3) is 3.39. The van der Waals surface area contributed by atoms with E-state index >= 15 is 0 Å². The van der Waals surface area contributed by atoms with Crippen molar-refractivity contribution in [3.05, 3.63) is 28.4 Å². The molecule has 6 heteroatoms. The van der Waals surface area contributed by atoms with Crippen LogP contribution in [0, 0.1) is 15.5 Å². The lowest BCUT2D eigenvalue weighted by Crippen LogP contribution is -2.37. The lowest BCUT2D eigenvalue weighted by atomic mass is 9.93. The Bertz CT molecular complexity index is 406. The van der Waals surface area contributed by atoms with Gasteiger partial charge in [-0.3, -0.25) is 0 Å². The summed E-state index contributed by atoms with van der Waals surface area (Å²) >= 11 is 0. The van der Waals surface area contributed by atoms with Gasteiger partial charge in [-0.05, 0) is 34.0 Å². The quantitative estimate of drug-likeness (QED) is 0.619. The molecule has 0 amide bonds. The third-order valence-electron chi connectivity index (χ3n) is 2.57. The molecule has 0 unspecified atom stereocenters. The summed E-state index contributed by atoms with van der Waals surface area (Å²) in [5.74, 6) is -0.122. The Balaban J connectivity index is 2.96. The Morgan fingerprint density at radius 3 is 2.76 bits per heavy atom. The van der Waals surface area contributed by atoms with Crippen LogP contribution < -0.4 is 10.6 Å². The first-order valence-electron chi connectivity index (χ1n) is 5.38. The van der Waals surface area contributed by atoms with E-state index in [-0.39, 0.29) is 11.2 Å². The molecule has 0 aliphatic carbocycles. The number of hydrogen-bond acceptors (Lipinski definition) is 5. The second kappa shape index (κ2) is 5.09. The fourth-order valence-corrected chi connectivity index (χ4v) is 1.62. The maximum absolute atomic E-state index is 10.9. The number of hydrogen-bond donors (Lipinski definition) is 1. The van der Waals surface area contributed by atoms with Crippen molar-refractivity contribution < 1.29 is 4.92 Å². The molecule has 1 aromatic heterocycles. The largest absolute Gasteiger partial charge is 0.387 e. The van der Waals surface area contributed by atoms with Crippen LogP contribution in [0.3, 0.4) is 0 Å². The number of nitrogens with zero attached hydrogens (tertiary/aromatic N) is 3. The van der Waals surface area contributed by atoms with Crippen LogP contribution in [0.15, 0.2) is 18.3 Å². The van der Waals surface area contributed by atoms with Crippen molar-refractivity contribution in [2.24, 2.45) is 11.1 Å². The molecular weight excluding hydrogens is 220 g/mol. The van der Waals surface area contributed by atoms with Gasteiger partial charge < -0.3 is 20.7 Å². The molecule has 0 saturated heterocycles. The summed E-state index contributed by atoms with van der Waals surface area (Å²) in [7, 11) is 1.81. The monoisotopic (exact) mass is 238 g/mol. The molecule has 0 radical (unpaired) electrons. The summed E-state index contributed by atoms with van der Waals surface area (Å²) in [5.41, 5.74) is 6.07. The molecule has 0 aliphatic heterocycles. The van der Waals surface area contributed by atoms with Gasteiger partial charge in [-0.1, -0.05) is 13.8 Å². The Morgan fingerprint density at radius 2 is 2.24 bits per heavy atom. The molecule has 0 spiro atoms. The zero-order valence-electron chi connectivity index (χ0n) is 10.4. The summed E-state index contributed by atoms with van der Waals surface area (Å²) in [6.45, 7) is 5.19. The zero-order chi connectivity index (χ0) is 13.1. The molecular formula is C11H18N4O2. The molecule has 0 saturated carbocycles. The highest BCUT2D eigenvalue weighted by Crippen LogP contribution is 2.26. The van der Waals surface area contributed by atoms with Crippen molar-refractivity contribution >= 4 is 11.5 Å². The minimum atomic E-state index is -0.471. The normalized spacial score (nSPS) is 11.3. The van der Waals surface area contributed by atoms with Crippen molar-refractivity contribution in [1.82, 2.24) is 4.98 Å². The fourth-order valence-electron chi connectivity index (χ4n) is 1.62. The van der Waals surface area contributed by atoms with Crippen LogP contribution in [0.25, 0.3) is 0 Å². The maximum atomic E-state index is 10.9. The number of rotatable bonds is 5. The van der Waals surface area contributed by atoms with Gasteiger partial charge >= 0.3 is 5.82 Å². The van der Waals surface area contributed by atoms with E-state index in [1.54, 1.807) is 19.2 Å². The molecule has 1 heterocycles. The highest BCUT2D eigenvalue weighted by Gasteiger charge is 2.23. The van der Waals surface area contributed by atoms with Crippen LogP contribution in [-0.2, 0) is 0 Å². The van der Waals surface area contributed by atoms with Crippen molar-refractivity contribution in [3.63, 3.8) is 0 Å². The Morgan fingerprint density at radius 1 is 1.59 bits per heavy atom. The van der Waals surface area contributed by atoms with Crippen LogP contribution in [0.1, 0.15) is 13.8 Å². The van der Waals surface area contributed by atoms with Crippen molar-refractivity contribution in [2.45, 2.75) is 13.8 Å². The number of nitrogens with two attached hydrogens (primary N) is 1. The highest BCUT2D eigenvalue weighted by atomic mass is 16.6. The molecule has 1 aromatic rings. The molecule has 17 heavy (non-hydrogen) atoms. The van der Waals surface area contributed by atoms with E-state index < -0.39 is 4.92 Å². The van der Waals surface area contributed by atoms with Crippen LogP contribution in [0.4, 0.5) is 11.5 Å².